The third-order valence-corrected chi connectivity index (χ3v) is 18.7. The summed E-state index contributed by atoms with van der Waals surface area (Å²) in [6, 6.07) is -0.715. The van der Waals surface area contributed by atoms with Crippen molar-refractivity contribution in [1.29, 1.82) is 0 Å². The van der Waals surface area contributed by atoms with Crippen LogP contribution in [0.1, 0.15) is 412 Å². The van der Waals surface area contributed by atoms with Crippen molar-refractivity contribution in [3.8, 4) is 0 Å². The number of unbranched alkanes of at least 4 members (excludes halogenated alkanes) is 58. The maximum atomic E-state index is 13.2. The fourth-order valence-corrected chi connectivity index (χ4v) is 12.8. The fourth-order valence-electron chi connectivity index (χ4n) is 12.8. The number of rotatable bonds is 68. The molecule has 0 saturated carbocycles. The molecule has 1 aliphatic heterocycles. The second-order valence-electron chi connectivity index (χ2n) is 26.8. The van der Waals surface area contributed by atoms with Crippen LogP contribution in [0.2, 0.25) is 0 Å². The molecule has 9 nitrogen and oxygen atoms in total. The molecule has 0 aromatic carbocycles. The van der Waals surface area contributed by atoms with Crippen LogP contribution < -0.4 is 5.32 Å². The average Bonchev–Trinajstić information content (AvgIpc) is 3.60. The van der Waals surface area contributed by atoms with Crippen LogP contribution in [-0.4, -0.2) is 87.5 Å². The Kier molecular flexibility index (Phi) is 62.0. The Morgan fingerprint density at radius 2 is 0.602 bits per heavy atom. The van der Waals surface area contributed by atoms with Crippen LogP contribution in [0.4, 0.5) is 0 Å². The van der Waals surface area contributed by atoms with Crippen molar-refractivity contribution in [1.82, 2.24) is 5.32 Å². The van der Waals surface area contributed by atoms with E-state index >= 15 is 0 Å². The summed E-state index contributed by atoms with van der Waals surface area (Å²) in [5, 5.41) is 55.0. The lowest BCUT2D eigenvalue weighted by Gasteiger charge is -2.40. The number of carbonyl (C=O) groups is 1. The number of hydrogen-bond donors (Lipinski definition) is 6. The van der Waals surface area contributed by atoms with E-state index in [1.807, 2.05) is 0 Å². The van der Waals surface area contributed by atoms with Crippen LogP contribution in [0.15, 0.2) is 0 Å². The molecule has 7 atom stereocenters. The maximum Gasteiger partial charge on any atom is 0.220 e. The molecule has 1 fully saturated rings. The number of carbonyl (C=O) groups excluding carboxylic acids is 1. The monoisotopic (exact) mass is 1180 g/mol. The van der Waals surface area contributed by atoms with Crippen molar-refractivity contribution in [2.24, 2.45) is 0 Å². The molecule has 1 heterocycles. The molecule has 83 heavy (non-hydrogen) atoms. The van der Waals surface area contributed by atoms with Crippen molar-refractivity contribution < 1.29 is 39.8 Å². The molecule has 1 aliphatic rings. The van der Waals surface area contributed by atoms with Gasteiger partial charge >= 0.3 is 0 Å². The van der Waals surface area contributed by atoms with Gasteiger partial charge in [0.25, 0.3) is 0 Å². The first-order valence-electron chi connectivity index (χ1n) is 37.7. The maximum absolute atomic E-state index is 13.2. The second kappa shape index (κ2) is 64.2. The SMILES string of the molecule is CCCCCCCCCCCCCCCCCCCCCCCCCCCCCCCCCCCCCCCCCC(=O)NC(COC1OC(CO)C(O)C(O)C1O)C(O)CCCCCCCCCCCCCCCCCCCCCCC. The Bertz CT molecular complexity index is 1270. The van der Waals surface area contributed by atoms with E-state index in [0.29, 0.717) is 12.8 Å². The molecule has 0 aliphatic carbocycles. The first-order chi connectivity index (χ1) is 40.8. The van der Waals surface area contributed by atoms with Gasteiger partial charge in [0.1, 0.15) is 24.4 Å². The molecule has 0 bridgehead atoms. The highest BCUT2D eigenvalue weighted by Gasteiger charge is 2.44. The van der Waals surface area contributed by atoms with E-state index in [2.05, 4.69) is 19.2 Å². The molecule has 0 aromatic heterocycles. The lowest BCUT2D eigenvalue weighted by atomic mass is 9.99. The fraction of sp³-hybridized carbons (Fsp3) is 0.986. The van der Waals surface area contributed by atoms with Crippen LogP contribution in [0.25, 0.3) is 0 Å². The van der Waals surface area contributed by atoms with Crippen molar-refractivity contribution >= 4 is 5.91 Å². The smallest absolute Gasteiger partial charge is 0.220 e. The lowest BCUT2D eigenvalue weighted by Crippen LogP contribution is -2.60. The summed E-state index contributed by atoms with van der Waals surface area (Å²) in [5.74, 6) is -0.133. The molecule has 0 radical (unpaired) electrons. The molecule has 1 rings (SSSR count). The molecule has 0 aromatic rings. The van der Waals surface area contributed by atoms with Gasteiger partial charge in [-0.2, -0.15) is 0 Å². The largest absolute Gasteiger partial charge is 0.394 e. The molecule has 496 valence electrons. The van der Waals surface area contributed by atoms with Gasteiger partial charge in [-0.3, -0.25) is 4.79 Å². The van der Waals surface area contributed by atoms with Crippen LogP contribution in [0, 0.1) is 0 Å². The molecule has 1 saturated heterocycles. The van der Waals surface area contributed by atoms with Gasteiger partial charge in [-0.15, -0.1) is 0 Å². The first kappa shape index (κ1) is 80.2. The minimum atomic E-state index is -1.55. The van der Waals surface area contributed by atoms with Crippen LogP contribution in [0.5, 0.6) is 0 Å². The topological polar surface area (TPSA) is 149 Å². The highest BCUT2D eigenvalue weighted by Crippen LogP contribution is 2.24. The first-order valence-corrected chi connectivity index (χ1v) is 37.7. The Labute approximate surface area is 516 Å². The molecule has 7 unspecified atom stereocenters. The molecule has 9 heteroatoms. The minimum Gasteiger partial charge on any atom is -0.394 e. The molecular formula is C74H147NO8. The summed E-state index contributed by atoms with van der Waals surface area (Å²) in [6.45, 7) is 3.91. The van der Waals surface area contributed by atoms with Gasteiger partial charge in [0, 0.05) is 6.42 Å². The minimum absolute atomic E-state index is 0.130. The third-order valence-electron chi connectivity index (χ3n) is 18.7. The van der Waals surface area contributed by atoms with Crippen LogP contribution in [-0.2, 0) is 14.3 Å². The van der Waals surface area contributed by atoms with Gasteiger partial charge in [-0.25, -0.2) is 0 Å². The Morgan fingerprint density at radius 1 is 0.361 bits per heavy atom. The van der Waals surface area contributed by atoms with E-state index in [4.69, 9.17) is 9.47 Å². The zero-order valence-electron chi connectivity index (χ0n) is 55.8. The van der Waals surface area contributed by atoms with Gasteiger partial charge < -0.3 is 40.3 Å². The summed E-state index contributed by atoms with van der Waals surface area (Å²) in [4.78, 5) is 13.2. The molecule has 6 N–H and O–H groups in total. The van der Waals surface area contributed by atoms with Gasteiger partial charge in [-0.05, 0) is 12.8 Å². The second-order valence-corrected chi connectivity index (χ2v) is 26.8. The van der Waals surface area contributed by atoms with E-state index in [0.717, 1.165) is 38.5 Å². The standard InChI is InChI=1S/C74H147NO8/c1-3-5-7-9-11-13-15-17-19-21-23-25-26-27-28-29-30-31-32-33-34-35-36-37-38-39-40-41-42-44-46-48-50-52-54-56-58-60-62-64-70(78)75-67(66-82-74-73(81)72(80)71(79)69(65-76)83-74)68(77)63-61-59-57-55-53-51-49-47-45-43-24-22-20-18-16-14-12-10-8-6-4-2/h67-69,71-74,76-77,79-81H,3-66H2,1-2H3,(H,75,78). The number of hydrogen-bond acceptors (Lipinski definition) is 8. The van der Waals surface area contributed by atoms with E-state index in [1.165, 1.54) is 347 Å². The third kappa shape index (κ3) is 52.8. The summed E-state index contributed by atoms with van der Waals surface area (Å²) >= 11 is 0. The van der Waals surface area contributed by atoms with E-state index in [9.17, 15) is 30.3 Å². The Morgan fingerprint density at radius 3 is 0.855 bits per heavy atom. The summed E-state index contributed by atoms with van der Waals surface area (Å²) in [6.07, 6.45) is 74.9. The predicted octanol–water partition coefficient (Wildman–Crippen LogP) is 20.9. The van der Waals surface area contributed by atoms with Gasteiger partial charge in [0.2, 0.25) is 5.91 Å². The number of aliphatic hydroxyl groups is 5. The quantitative estimate of drug-likeness (QED) is 0.0330. The normalized spacial score (nSPS) is 18.1. The van der Waals surface area contributed by atoms with E-state index in [-0.39, 0.29) is 12.5 Å². The molecule has 0 spiro atoms. The van der Waals surface area contributed by atoms with Crippen molar-refractivity contribution in [2.75, 3.05) is 13.2 Å². The van der Waals surface area contributed by atoms with Gasteiger partial charge in [0.05, 0.1) is 25.4 Å². The zero-order valence-corrected chi connectivity index (χ0v) is 55.8. The average molecular weight is 1180 g/mol. The van der Waals surface area contributed by atoms with E-state index in [1.54, 1.807) is 0 Å². The van der Waals surface area contributed by atoms with Crippen molar-refractivity contribution in [3.05, 3.63) is 0 Å². The van der Waals surface area contributed by atoms with Gasteiger partial charge in [-0.1, -0.05) is 393 Å². The van der Waals surface area contributed by atoms with Crippen LogP contribution in [0.3, 0.4) is 0 Å². The number of ether oxygens (including phenoxy) is 2. The number of nitrogens with one attached hydrogen (secondary N) is 1. The number of amides is 1. The number of aliphatic hydroxyl groups excluding tert-OH is 5. The lowest BCUT2D eigenvalue weighted by molar-refractivity contribution is -0.302. The van der Waals surface area contributed by atoms with Crippen molar-refractivity contribution in [3.63, 3.8) is 0 Å². The zero-order chi connectivity index (χ0) is 60.0. The predicted molar refractivity (Wildman–Crippen MR) is 355 cm³/mol. The Balaban J connectivity index is 2.01. The summed E-state index contributed by atoms with van der Waals surface area (Å²) < 4.78 is 11.4. The molecule has 1 amide bonds. The van der Waals surface area contributed by atoms with Crippen molar-refractivity contribution in [2.45, 2.75) is 455 Å². The molecular weight excluding hydrogens is 1030 g/mol. The summed E-state index contributed by atoms with van der Waals surface area (Å²) in [5.41, 5.74) is 0. The highest BCUT2D eigenvalue weighted by atomic mass is 16.7. The summed E-state index contributed by atoms with van der Waals surface area (Å²) in [7, 11) is 0. The van der Waals surface area contributed by atoms with Crippen LogP contribution >= 0.6 is 0 Å². The van der Waals surface area contributed by atoms with E-state index < -0.39 is 49.5 Å². The van der Waals surface area contributed by atoms with Gasteiger partial charge in [0.15, 0.2) is 6.29 Å². The Hall–Kier alpha value is -0.810. The highest BCUT2D eigenvalue weighted by molar-refractivity contribution is 5.76.